The van der Waals surface area contributed by atoms with Crippen LogP contribution in [0.5, 0.6) is 0 Å². The number of carbonyl (C=O) groups excluding carboxylic acids is 1. The standard InChI is InChI=1S/C23H33N3O/c1-16-6-4-9-22(17(16)2)26-14-11-19(12-15-26)10-13-25-21-8-5-7-20(21)23(24)18(3)27/h4,6,9,19H,5,7-8,10-15,24H2,1-3H3. The SMILES string of the molecule is CC(=O)C(N)=C1CCCC1=NCCC1CCN(c2cccc(C)c2C)CC1. The Balaban J connectivity index is 1.52. The van der Waals surface area contributed by atoms with Gasteiger partial charge in [-0.2, -0.15) is 0 Å². The van der Waals surface area contributed by atoms with E-state index >= 15 is 0 Å². The average molecular weight is 368 g/mol. The van der Waals surface area contributed by atoms with Crippen molar-refractivity contribution < 1.29 is 4.79 Å². The van der Waals surface area contributed by atoms with Crippen molar-refractivity contribution in [2.75, 3.05) is 24.5 Å². The van der Waals surface area contributed by atoms with Crippen LogP contribution in [0.4, 0.5) is 5.69 Å². The lowest BCUT2D eigenvalue weighted by Gasteiger charge is -2.34. The molecular formula is C23H33N3O. The summed E-state index contributed by atoms with van der Waals surface area (Å²) in [6.07, 6.45) is 6.54. The number of hydrogen-bond donors (Lipinski definition) is 1. The molecule has 0 amide bonds. The number of hydrogen-bond acceptors (Lipinski definition) is 4. The Labute approximate surface area is 163 Å². The Hall–Kier alpha value is -2.10. The third-order valence-electron chi connectivity index (χ3n) is 6.26. The van der Waals surface area contributed by atoms with E-state index < -0.39 is 0 Å². The minimum absolute atomic E-state index is 0.0292. The first-order valence-electron chi connectivity index (χ1n) is 10.3. The van der Waals surface area contributed by atoms with E-state index in [1.165, 1.54) is 29.7 Å². The van der Waals surface area contributed by atoms with Gasteiger partial charge >= 0.3 is 0 Å². The third kappa shape index (κ3) is 4.60. The highest BCUT2D eigenvalue weighted by atomic mass is 16.1. The molecule has 2 fully saturated rings. The van der Waals surface area contributed by atoms with E-state index in [-0.39, 0.29) is 5.78 Å². The lowest BCUT2D eigenvalue weighted by atomic mass is 9.92. The van der Waals surface area contributed by atoms with Gasteiger partial charge in [0.15, 0.2) is 5.78 Å². The van der Waals surface area contributed by atoms with Gasteiger partial charge in [-0.1, -0.05) is 12.1 Å². The molecule has 4 heteroatoms. The topological polar surface area (TPSA) is 58.7 Å². The van der Waals surface area contributed by atoms with Gasteiger partial charge < -0.3 is 10.6 Å². The normalized spacial score (nSPS) is 21.7. The first-order chi connectivity index (χ1) is 13.0. The summed E-state index contributed by atoms with van der Waals surface area (Å²) >= 11 is 0. The second-order valence-corrected chi connectivity index (χ2v) is 8.07. The van der Waals surface area contributed by atoms with Crippen LogP contribution in [0.3, 0.4) is 0 Å². The molecule has 0 atom stereocenters. The summed E-state index contributed by atoms with van der Waals surface area (Å²) in [4.78, 5) is 18.9. The summed E-state index contributed by atoms with van der Waals surface area (Å²) in [5.41, 5.74) is 12.7. The fourth-order valence-corrected chi connectivity index (χ4v) is 4.33. The van der Waals surface area contributed by atoms with Crippen LogP contribution in [0.15, 0.2) is 34.5 Å². The summed E-state index contributed by atoms with van der Waals surface area (Å²) in [5.74, 6) is 0.716. The number of Topliss-reactive ketones (excluding diaryl/α,β-unsaturated/α-hetero) is 1. The molecule has 1 heterocycles. The number of aryl methyl sites for hydroxylation is 1. The summed E-state index contributed by atoms with van der Waals surface area (Å²) < 4.78 is 0. The number of benzene rings is 1. The van der Waals surface area contributed by atoms with Crippen molar-refractivity contribution in [1.29, 1.82) is 0 Å². The Morgan fingerprint density at radius 3 is 2.67 bits per heavy atom. The second-order valence-electron chi connectivity index (χ2n) is 8.07. The maximum Gasteiger partial charge on any atom is 0.175 e. The van der Waals surface area contributed by atoms with Gasteiger partial charge in [-0.25, -0.2) is 0 Å². The summed E-state index contributed by atoms with van der Waals surface area (Å²) in [6, 6.07) is 6.61. The molecule has 1 aromatic carbocycles. The van der Waals surface area contributed by atoms with E-state index in [9.17, 15) is 4.79 Å². The molecule has 0 spiro atoms. The van der Waals surface area contributed by atoms with Gasteiger partial charge in [-0.05, 0) is 81.1 Å². The molecule has 27 heavy (non-hydrogen) atoms. The number of carbonyl (C=O) groups is 1. The molecule has 1 aliphatic heterocycles. The maximum absolute atomic E-state index is 11.5. The van der Waals surface area contributed by atoms with Gasteiger partial charge in [0.1, 0.15) is 0 Å². The van der Waals surface area contributed by atoms with Crippen molar-refractivity contribution in [2.24, 2.45) is 16.6 Å². The summed E-state index contributed by atoms with van der Waals surface area (Å²) in [7, 11) is 0. The average Bonchev–Trinajstić information content (AvgIpc) is 3.12. The van der Waals surface area contributed by atoms with Crippen LogP contribution < -0.4 is 10.6 Å². The van der Waals surface area contributed by atoms with E-state index in [0.29, 0.717) is 5.70 Å². The van der Waals surface area contributed by atoms with Crippen molar-refractivity contribution in [3.63, 3.8) is 0 Å². The van der Waals surface area contributed by atoms with E-state index in [1.807, 2.05) is 0 Å². The summed E-state index contributed by atoms with van der Waals surface area (Å²) in [5, 5.41) is 0. The zero-order chi connectivity index (χ0) is 19.4. The van der Waals surface area contributed by atoms with Crippen LogP contribution in [-0.2, 0) is 4.79 Å². The number of ketones is 1. The van der Waals surface area contributed by atoms with Crippen molar-refractivity contribution >= 4 is 17.2 Å². The van der Waals surface area contributed by atoms with Crippen molar-refractivity contribution in [3.05, 3.63) is 40.6 Å². The van der Waals surface area contributed by atoms with Gasteiger partial charge in [0.2, 0.25) is 0 Å². The quantitative estimate of drug-likeness (QED) is 0.788. The molecule has 0 radical (unpaired) electrons. The number of nitrogens with two attached hydrogens (primary N) is 1. The highest BCUT2D eigenvalue weighted by molar-refractivity contribution is 6.08. The lowest BCUT2D eigenvalue weighted by molar-refractivity contribution is -0.113. The molecule has 1 aliphatic carbocycles. The predicted molar refractivity (Wildman–Crippen MR) is 114 cm³/mol. The van der Waals surface area contributed by atoms with Crippen LogP contribution in [0.25, 0.3) is 0 Å². The van der Waals surface area contributed by atoms with Crippen molar-refractivity contribution in [2.45, 2.75) is 59.3 Å². The summed E-state index contributed by atoms with van der Waals surface area (Å²) in [6.45, 7) is 9.09. The van der Waals surface area contributed by atoms with Crippen LogP contribution in [0.1, 0.15) is 56.6 Å². The van der Waals surface area contributed by atoms with Crippen molar-refractivity contribution in [3.8, 4) is 0 Å². The number of allylic oxidation sites excluding steroid dienone is 2. The van der Waals surface area contributed by atoms with Gasteiger partial charge in [0.25, 0.3) is 0 Å². The molecule has 0 aromatic heterocycles. The minimum Gasteiger partial charge on any atom is -0.396 e. The molecule has 0 unspecified atom stereocenters. The van der Waals surface area contributed by atoms with Crippen LogP contribution in [0.2, 0.25) is 0 Å². The molecule has 1 saturated carbocycles. The largest absolute Gasteiger partial charge is 0.396 e. The van der Waals surface area contributed by atoms with Gasteiger partial charge in [0.05, 0.1) is 5.70 Å². The Kier molecular flexibility index (Phi) is 6.35. The number of anilines is 1. The first-order valence-corrected chi connectivity index (χ1v) is 10.3. The van der Waals surface area contributed by atoms with Gasteiger partial charge in [-0.15, -0.1) is 0 Å². The molecule has 2 aliphatic rings. The molecule has 1 aromatic rings. The zero-order valence-corrected chi connectivity index (χ0v) is 17.1. The molecule has 0 bridgehead atoms. The number of piperidine rings is 1. The molecule has 1 saturated heterocycles. The Morgan fingerprint density at radius 1 is 1.22 bits per heavy atom. The van der Waals surface area contributed by atoms with Crippen LogP contribution >= 0.6 is 0 Å². The van der Waals surface area contributed by atoms with E-state index in [2.05, 4.69) is 36.9 Å². The molecule has 4 nitrogen and oxygen atoms in total. The number of nitrogens with zero attached hydrogens (tertiary/aromatic N) is 2. The monoisotopic (exact) mass is 367 g/mol. The maximum atomic E-state index is 11.5. The Morgan fingerprint density at radius 2 is 1.96 bits per heavy atom. The van der Waals surface area contributed by atoms with E-state index in [4.69, 9.17) is 10.7 Å². The lowest BCUT2D eigenvalue weighted by Crippen LogP contribution is -2.34. The van der Waals surface area contributed by atoms with Crippen LogP contribution in [0, 0.1) is 19.8 Å². The minimum atomic E-state index is -0.0292. The van der Waals surface area contributed by atoms with Gasteiger partial charge in [-0.3, -0.25) is 9.79 Å². The van der Waals surface area contributed by atoms with Crippen LogP contribution in [-0.4, -0.2) is 31.1 Å². The smallest absolute Gasteiger partial charge is 0.175 e. The second kappa shape index (κ2) is 8.73. The fraction of sp³-hybridized carbons (Fsp3) is 0.565. The Bertz CT molecular complexity index is 755. The highest BCUT2D eigenvalue weighted by Gasteiger charge is 2.22. The highest BCUT2D eigenvalue weighted by Crippen LogP contribution is 2.29. The predicted octanol–water partition coefficient (Wildman–Crippen LogP) is 4.34. The van der Waals surface area contributed by atoms with Gasteiger partial charge in [0, 0.05) is 38.0 Å². The molecule has 3 rings (SSSR count). The zero-order valence-electron chi connectivity index (χ0n) is 17.1. The molecule has 2 N–H and O–H groups in total. The first kappa shape index (κ1) is 19.7. The molecular weight excluding hydrogens is 334 g/mol. The van der Waals surface area contributed by atoms with Crippen molar-refractivity contribution in [1.82, 2.24) is 0 Å². The van der Waals surface area contributed by atoms with E-state index in [0.717, 1.165) is 62.5 Å². The molecule has 146 valence electrons. The third-order valence-corrected chi connectivity index (χ3v) is 6.26. The van der Waals surface area contributed by atoms with E-state index in [1.54, 1.807) is 6.92 Å². The number of aliphatic imine (C=N–C) groups is 1. The number of rotatable bonds is 5. The fourth-order valence-electron chi connectivity index (χ4n) is 4.33.